The van der Waals surface area contributed by atoms with Gasteiger partial charge < -0.3 is 14.7 Å². The van der Waals surface area contributed by atoms with Crippen LogP contribution in [0.15, 0.2) is 22.0 Å². The van der Waals surface area contributed by atoms with Gasteiger partial charge in [-0.25, -0.2) is 0 Å². The number of phenolic OH excluding ortho intramolecular Hbond substituents is 1. The molecule has 0 spiro atoms. The lowest BCUT2D eigenvalue weighted by atomic mass is 10.1. The van der Waals surface area contributed by atoms with Gasteiger partial charge in [-0.1, -0.05) is 11.6 Å². The minimum absolute atomic E-state index is 0.0867. The smallest absolute Gasteiger partial charge is 0.286 e. The third-order valence-corrected chi connectivity index (χ3v) is 5.22. The van der Waals surface area contributed by atoms with E-state index in [1.165, 1.54) is 18.2 Å². The van der Waals surface area contributed by atoms with Crippen molar-refractivity contribution in [2.45, 2.75) is 26.2 Å². The van der Waals surface area contributed by atoms with Gasteiger partial charge in [0.15, 0.2) is 16.7 Å². The Hall–Kier alpha value is -1.66. The topological polar surface area (TPSA) is 62.1 Å². The lowest BCUT2D eigenvalue weighted by molar-refractivity contribution is -0.113. The molecule has 5 nitrogen and oxygen atoms in total. The summed E-state index contributed by atoms with van der Waals surface area (Å²) in [5, 5.41) is 10.9. The first-order valence-electron chi connectivity index (χ1n) is 8.01. The molecule has 1 amide bonds. The van der Waals surface area contributed by atoms with Gasteiger partial charge in [-0.2, -0.15) is 4.99 Å². The standard InChI is InChI=1S/C17H19ClN2O3S/c1-2-23-13-9-11(8-12(18)15(13)21)10-14-16(22)19-17(24-14)20-6-4-3-5-7-20/h8-10,21H,2-7H2,1H3. The van der Waals surface area contributed by atoms with Gasteiger partial charge in [0.2, 0.25) is 0 Å². The predicted molar refractivity (Wildman–Crippen MR) is 97.7 cm³/mol. The average Bonchev–Trinajstić information content (AvgIpc) is 2.94. The molecule has 0 aromatic heterocycles. The molecule has 2 aliphatic rings. The number of carbonyl (C=O) groups excluding carboxylic acids is 1. The second-order valence-corrected chi connectivity index (χ2v) is 7.06. The first kappa shape index (κ1) is 17.2. The molecule has 0 saturated carbocycles. The van der Waals surface area contributed by atoms with Crippen LogP contribution in [-0.2, 0) is 4.79 Å². The zero-order valence-corrected chi connectivity index (χ0v) is 15.0. The number of phenols is 1. The van der Waals surface area contributed by atoms with Crippen molar-refractivity contribution in [3.8, 4) is 11.5 Å². The van der Waals surface area contributed by atoms with E-state index in [9.17, 15) is 9.90 Å². The SMILES string of the molecule is CCOc1cc(C=C2SC(N3CCCCC3)=NC2=O)cc(Cl)c1O. The highest BCUT2D eigenvalue weighted by Crippen LogP contribution is 2.37. The number of carbonyl (C=O) groups is 1. The largest absolute Gasteiger partial charge is 0.503 e. The van der Waals surface area contributed by atoms with Crippen molar-refractivity contribution in [2.24, 2.45) is 4.99 Å². The summed E-state index contributed by atoms with van der Waals surface area (Å²) >= 11 is 7.43. The van der Waals surface area contributed by atoms with Crippen LogP contribution in [-0.4, -0.2) is 40.8 Å². The molecule has 24 heavy (non-hydrogen) atoms. The molecule has 1 N–H and O–H groups in total. The fourth-order valence-electron chi connectivity index (χ4n) is 2.71. The van der Waals surface area contributed by atoms with Crippen molar-refractivity contribution < 1.29 is 14.6 Å². The number of rotatable bonds is 3. The van der Waals surface area contributed by atoms with Crippen LogP contribution in [0.3, 0.4) is 0 Å². The number of thioether (sulfide) groups is 1. The van der Waals surface area contributed by atoms with Crippen LogP contribution in [0.1, 0.15) is 31.7 Å². The Labute approximate surface area is 150 Å². The number of aromatic hydroxyl groups is 1. The summed E-state index contributed by atoms with van der Waals surface area (Å²) in [7, 11) is 0. The van der Waals surface area contributed by atoms with Crippen LogP contribution in [0.4, 0.5) is 0 Å². The lowest BCUT2D eigenvalue weighted by Gasteiger charge is -2.27. The third kappa shape index (κ3) is 3.70. The number of aliphatic imine (C=N–C) groups is 1. The van der Waals surface area contributed by atoms with Gasteiger partial charge >= 0.3 is 0 Å². The van der Waals surface area contributed by atoms with E-state index in [1.54, 1.807) is 18.2 Å². The van der Waals surface area contributed by atoms with E-state index in [0.717, 1.165) is 31.1 Å². The van der Waals surface area contributed by atoms with E-state index in [1.807, 2.05) is 6.92 Å². The van der Waals surface area contributed by atoms with E-state index in [4.69, 9.17) is 16.3 Å². The number of benzene rings is 1. The van der Waals surface area contributed by atoms with Crippen molar-refractivity contribution in [2.75, 3.05) is 19.7 Å². The molecule has 0 bridgehead atoms. The minimum atomic E-state index is -0.234. The van der Waals surface area contributed by atoms with E-state index in [-0.39, 0.29) is 16.7 Å². The van der Waals surface area contributed by atoms with Crippen LogP contribution >= 0.6 is 23.4 Å². The summed E-state index contributed by atoms with van der Waals surface area (Å²) in [4.78, 5) is 19.1. The van der Waals surface area contributed by atoms with Gasteiger partial charge in [0, 0.05) is 13.1 Å². The summed E-state index contributed by atoms with van der Waals surface area (Å²) in [5.74, 6) is -0.0106. The molecule has 1 saturated heterocycles. The van der Waals surface area contributed by atoms with Crippen molar-refractivity contribution in [1.82, 2.24) is 4.90 Å². The van der Waals surface area contributed by atoms with Gasteiger partial charge in [0.05, 0.1) is 16.5 Å². The minimum Gasteiger partial charge on any atom is -0.503 e. The molecule has 1 aromatic carbocycles. The number of halogens is 1. The fraction of sp³-hybridized carbons (Fsp3) is 0.412. The number of ether oxygens (including phenoxy) is 1. The molecule has 3 rings (SSSR count). The van der Waals surface area contributed by atoms with Gasteiger partial charge in [-0.15, -0.1) is 0 Å². The van der Waals surface area contributed by atoms with Crippen molar-refractivity contribution >= 4 is 40.5 Å². The number of likely N-dealkylation sites (tertiary alicyclic amines) is 1. The van der Waals surface area contributed by atoms with Gasteiger partial charge in [0.25, 0.3) is 5.91 Å². The Morgan fingerprint density at radius 2 is 2.12 bits per heavy atom. The molecule has 0 atom stereocenters. The molecule has 1 fully saturated rings. The van der Waals surface area contributed by atoms with Gasteiger partial charge in [-0.3, -0.25) is 4.79 Å². The first-order chi connectivity index (χ1) is 11.6. The quantitative estimate of drug-likeness (QED) is 0.822. The molecule has 2 aliphatic heterocycles. The average molecular weight is 367 g/mol. The van der Waals surface area contributed by atoms with Crippen LogP contribution in [0.5, 0.6) is 11.5 Å². The molecular weight excluding hydrogens is 348 g/mol. The highest BCUT2D eigenvalue weighted by molar-refractivity contribution is 8.18. The number of hydrogen-bond acceptors (Lipinski definition) is 5. The molecule has 128 valence electrons. The Morgan fingerprint density at radius 1 is 1.38 bits per heavy atom. The van der Waals surface area contributed by atoms with E-state index < -0.39 is 0 Å². The zero-order chi connectivity index (χ0) is 17.1. The van der Waals surface area contributed by atoms with Crippen molar-refractivity contribution in [3.63, 3.8) is 0 Å². The molecule has 1 aromatic rings. The lowest BCUT2D eigenvalue weighted by Crippen LogP contribution is -2.33. The van der Waals surface area contributed by atoms with E-state index in [0.29, 0.717) is 22.8 Å². The molecule has 0 unspecified atom stereocenters. The Morgan fingerprint density at radius 3 is 2.83 bits per heavy atom. The normalized spacial score (nSPS) is 19.8. The third-order valence-electron chi connectivity index (χ3n) is 3.88. The zero-order valence-electron chi connectivity index (χ0n) is 13.4. The first-order valence-corrected chi connectivity index (χ1v) is 9.20. The number of hydrogen-bond donors (Lipinski definition) is 1. The van der Waals surface area contributed by atoms with Crippen molar-refractivity contribution in [3.05, 3.63) is 27.6 Å². The van der Waals surface area contributed by atoms with Gasteiger partial charge in [-0.05, 0) is 61.7 Å². The maximum atomic E-state index is 12.2. The monoisotopic (exact) mass is 366 g/mol. The highest BCUT2D eigenvalue weighted by atomic mass is 35.5. The van der Waals surface area contributed by atoms with Crippen LogP contribution < -0.4 is 4.74 Å². The molecule has 7 heteroatoms. The molecule has 0 aliphatic carbocycles. The molecular formula is C17H19ClN2O3S. The van der Waals surface area contributed by atoms with Crippen LogP contribution in [0, 0.1) is 0 Å². The maximum Gasteiger partial charge on any atom is 0.286 e. The predicted octanol–water partition coefficient (Wildman–Crippen LogP) is 3.90. The molecule has 0 radical (unpaired) electrons. The highest BCUT2D eigenvalue weighted by Gasteiger charge is 2.27. The number of piperidine rings is 1. The Balaban J connectivity index is 1.81. The van der Waals surface area contributed by atoms with Crippen LogP contribution in [0.25, 0.3) is 6.08 Å². The number of amidine groups is 1. The number of amides is 1. The summed E-state index contributed by atoms with van der Waals surface area (Å²) < 4.78 is 5.37. The van der Waals surface area contributed by atoms with Crippen molar-refractivity contribution in [1.29, 1.82) is 0 Å². The summed E-state index contributed by atoms with van der Waals surface area (Å²) in [6, 6.07) is 3.28. The van der Waals surface area contributed by atoms with E-state index >= 15 is 0 Å². The Kier molecular flexibility index (Phi) is 5.36. The summed E-state index contributed by atoms with van der Waals surface area (Å²) in [6.07, 6.45) is 5.24. The maximum absolute atomic E-state index is 12.2. The fourth-order valence-corrected chi connectivity index (χ4v) is 3.90. The van der Waals surface area contributed by atoms with E-state index in [2.05, 4.69) is 9.89 Å². The second-order valence-electron chi connectivity index (χ2n) is 5.64. The summed E-state index contributed by atoms with van der Waals surface area (Å²) in [6.45, 7) is 4.14. The summed E-state index contributed by atoms with van der Waals surface area (Å²) in [5.41, 5.74) is 0.701. The number of nitrogens with zero attached hydrogens (tertiary/aromatic N) is 2. The molecule has 2 heterocycles. The van der Waals surface area contributed by atoms with Crippen LogP contribution in [0.2, 0.25) is 5.02 Å². The second kappa shape index (κ2) is 7.49. The Bertz CT molecular complexity index is 712. The van der Waals surface area contributed by atoms with Gasteiger partial charge in [0.1, 0.15) is 0 Å².